The van der Waals surface area contributed by atoms with Gasteiger partial charge in [-0.05, 0) is 37.1 Å². The Bertz CT molecular complexity index is 1050. The molecule has 0 atom stereocenters. The number of aromatic nitrogens is 1. The van der Waals surface area contributed by atoms with Gasteiger partial charge in [-0.15, -0.1) is 11.3 Å². The molecule has 0 radical (unpaired) electrons. The molecule has 32 heavy (non-hydrogen) atoms. The molecule has 6 nitrogen and oxygen atoms in total. The minimum absolute atomic E-state index is 0.337. The average molecular weight is 452 g/mol. The smallest absolute Gasteiger partial charge is 0.291 e. The van der Waals surface area contributed by atoms with Crippen LogP contribution >= 0.6 is 11.3 Å². The summed E-state index contributed by atoms with van der Waals surface area (Å²) in [5, 5.41) is 4.90. The molecule has 2 aromatic carbocycles. The number of aryl methyl sites for hydroxylation is 1. The van der Waals surface area contributed by atoms with E-state index in [1.807, 2.05) is 55.5 Å². The van der Waals surface area contributed by atoms with Crippen molar-refractivity contribution >= 4 is 23.5 Å². The van der Waals surface area contributed by atoms with E-state index in [0.717, 1.165) is 33.9 Å². The Hall–Kier alpha value is -3.19. The van der Waals surface area contributed by atoms with Gasteiger partial charge < -0.3 is 9.47 Å². The number of nitrogens with one attached hydrogen (secondary N) is 1. The first-order chi connectivity index (χ1) is 15.6. The van der Waals surface area contributed by atoms with Gasteiger partial charge in [0.05, 0.1) is 19.9 Å². The number of ether oxygens (including phenoxy) is 2. The fourth-order valence-corrected chi connectivity index (χ4v) is 4.04. The lowest BCUT2D eigenvalue weighted by Gasteiger charge is -2.11. The Morgan fingerprint density at radius 2 is 1.94 bits per heavy atom. The van der Waals surface area contributed by atoms with Gasteiger partial charge in [0.2, 0.25) is 0 Å². The van der Waals surface area contributed by atoms with Crippen molar-refractivity contribution in [1.29, 1.82) is 0 Å². The summed E-state index contributed by atoms with van der Waals surface area (Å²) in [6.45, 7) is 4.74. The zero-order valence-corrected chi connectivity index (χ0v) is 19.6. The van der Waals surface area contributed by atoms with Crippen molar-refractivity contribution in [2.75, 3.05) is 13.7 Å². The first-order valence-electron chi connectivity index (χ1n) is 10.8. The van der Waals surface area contributed by atoms with Crippen LogP contribution in [0.15, 0.2) is 53.6 Å². The Kier molecular flexibility index (Phi) is 8.80. The average Bonchev–Trinajstić information content (AvgIpc) is 3.21. The topological polar surface area (TPSA) is 72.8 Å². The van der Waals surface area contributed by atoms with E-state index < -0.39 is 0 Å². The van der Waals surface area contributed by atoms with Gasteiger partial charge in [-0.1, -0.05) is 56.5 Å². The molecule has 3 aromatic rings. The molecule has 1 N–H and O–H groups in total. The van der Waals surface area contributed by atoms with Crippen LogP contribution in [-0.2, 0) is 0 Å². The fraction of sp³-hybridized carbons (Fsp3) is 0.320. The summed E-state index contributed by atoms with van der Waals surface area (Å²) >= 11 is 1.49. The maximum Gasteiger partial charge on any atom is 0.291 e. The monoisotopic (exact) mass is 451 g/mol. The number of hydrogen-bond acceptors (Lipinski definition) is 6. The molecule has 3 rings (SSSR count). The molecule has 0 spiro atoms. The van der Waals surface area contributed by atoms with Crippen molar-refractivity contribution in [3.63, 3.8) is 0 Å². The van der Waals surface area contributed by atoms with E-state index in [1.165, 1.54) is 24.2 Å². The van der Waals surface area contributed by atoms with E-state index in [-0.39, 0.29) is 5.91 Å². The first kappa shape index (κ1) is 23.5. The third kappa shape index (κ3) is 6.40. The molecule has 1 amide bonds. The van der Waals surface area contributed by atoms with Gasteiger partial charge in [0.15, 0.2) is 11.5 Å². The molecular weight excluding hydrogens is 422 g/mol. The summed E-state index contributed by atoms with van der Waals surface area (Å²) in [7, 11) is 1.61. The quantitative estimate of drug-likeness (QED) is 0.225. The maximum absolute atomic E-state index is 12.5. The number of carbonyl (C=O) groups excluding carboxylic acids is 1. The highest BCUT2D eigenvalue weighted by Gasteiger charge is 2.15. The second-order valence-corrected chi connectivity index (χ2v) is 8.51. The van der Waals surface area contributed by atoms with E-state index >= 15 is 0 Å². The number of carbonyl (C=O) groups is 1. The normalized spacial score (nSPS) is 11.0. The van der Waals surface area contributed by atoms with Crippen LogP contribution in [0.25, 0.3) is 10.6 Å². The molecule has 0 saturated carbocycles. The molecule has 0 aliphatic rings. The van der Waals surface area contributed by atoms with E-state index in [9.17, 15) is 4.79 Å². The molecule has 0 saturated heterocycles. The minimum atomic E-state index is -0.337. The van der Waals surface area contributed by atoms with Crippen molar-refractivity contribution in [1.82, 2.24) is 10.4 Å². The molecule has 0 bridgehead atoms. The minimum Gasteiger partial charge on any atom is -0.493 e. The summed E-state index contributed by atoms with van der Waals surface area (Å²) < 4.78 is 11.3. The number of hydrogen-bond donors (Lipinski definition) is 1. The number of hydrazone groups is 1. The lowest BCUT2D eigenvalue weighted by atomic mass is 10.2. The molecule has 0 aliphatic carbocycles. The highest BCUT2D eigenvalue weighted by Crippen LogP contribution is 2.28. The summed E-state index contributed by atoms with van der Waals surface area (Å²) in [4.78, 5) is 17.9. The molecule has 0 fully saturated rings. The van der Waals surface area contributed by atoms with Crippen LogP contribution in [0.4, 0.5) is 0 Å². The second kappa shape index (κ2) is 12.0. The molecule has 1 aromatic heterocycles. The Balaban J connectivity index is 1.59. The number of amides is 1. The molecular formula is C25H29N3O3S. The largest absolute Gasteiger partial charge is 0.493 e. The molecule has 168 valence electrons. The molecule has 0 unspecified atom stereocenters. The maximum atomic E-state index is 12.5. The van der Waals surface area contributed by atoms with Crippen LogP contribution < -0.4 is 14.9 Å². The van der Waals surface area contributed by atoms with Gasteiger partial charge in [0, 0.05) is 10.4 Å². The van der Waals surface area contributed by atoms with Crippen LogP contribution in [0.1, 0.15) is 53.5 Å². The van der Waals surface area contributed by atoms with Gasteiger partial charge in [-0.2, -0.15) is 5.10 Å². The predicted octanol–water partition coefficient (Wildman–Crippen LogP) is 5.85. The first-order valence-corrected chi connectivity index (χ1v) is 11.6. The zero-order valence-electron chi connectivity index (χ0n) is 18.8. The Labute approximate surface area is 193 Å². The lowest BCUT2D eigenvalue weighted by Crippen LogP contribution is -2.18. The van der Waals surface area contributed by atoms with Gasteiger partial charge in [-0.25, -0.2) is 10.4 Å². The number of unbranched alkanes of at least 4 members (excludes halogenated alkanes) is 3. The third-order valence-corrected chi connectivity index (χ3v) is 5.88. The van der Waals surface area contributed by atoms with Gasteiger partial charge in [0.1, 0.15) is 10.7 Å². The number of benzene rings is 2. The summed E-state index contributed by atoms with van der Waals surface area (Å²) in [5.41, 5.74) is 4.73. The van der Waals surface area contributed by atoms with Gasteiger partial charge in [0.25, 0.3) is 5.91 Å². The Morgan fingerprint density at radius 1 is 1.12 bits per heavy atom. The van der Waals surface area contributed by atoms with Gasteiger partial charge >= 0.3 is 0 Å². The molecule has 0 aliphatic heterocycles. The lowest BCUT2D eigenvalue weighted by molar-refractivity contribution is 0.0950. The SMILES string of the molecule is CCCCCCOc1ccc(/C=N\NC(=O)c2nc(-c3ccccc3)sc2C)cc1OC. The fourth-order valence-electron chi connectivity index (χ4n) is 3.12. The van der Waals surface area contributed by atoms with Crippen molar-refractivity contribution in [3.05, 3.63) is 64.7 Å². The number of methoxy groups -OCH3 is 1. The highest BCUT2D eigenvalue weighted by atomic mass is 32.1. The number of rotatable bonds is 11. The van der Waals surface area contributed by atoms with Crippen molar-refractivity contribution in [3.8, 4) is 22.1 Å². The van der Waals surface area contributed by atoms with Crippen LogP contribution in [-0.4, -0.2) is 30.8 Å². The third-order valence-electron chi connectivity index (χ3n) is 4.86. The van der Waals surface area contributed by atoms with Crippen LogP contribution in [0.3, 0.4) is 0 Å². The van der Waals surface area contributed by atoms with E-state index in [2.05, 4.69) is 22.4 Å². The summed E-state index contributed by atoms with van der Waals surface area (Å²) in [6.07, 6.45) is 6.17. The zero-order chi connectivity index (χ0) is 22.8. The Morgan fingerprint density at radius 3 is 2.69 bits per heavy atom. The molecule has 7 heteroatoms. The summed E-state index contributed by atoms with van der Waals surface area (Å²) in [6, 6.07) is 15.4. The van der Waals surface area contributed by atoms with Crippen LogP contribution in [0.2, 0.25) is 0 Å². The van der Waals surface area contributed by atoms with Crippen LogP contribution in [0, 0.1) is 6.92 Å². The van der Waals surface area contributed by atoms with E-state index in [4.69, 9.17) is 9.47 Å². The van der Waals surface area contributed by atoms with Crippen molar-refractivity contribution in [2.45, 2.75) is 39.5 Å². The van der Waals surface area contributed by atoms with Crippen molar-refractivity contribution < 1.29 is 14.3 Å². The highest BCUT2D eigenvalue weighted by molar-refractivity contribution is 7.15. The summed E-state index contributed by atoms with van der Waals surface area (Å²) in [5.74, 6) is 1.01. The van der Waals surface area contributed by atoms with E-state index in [1.54, 1.807) is 13.3 Å². The van der Waals surface area contributed by atoms with Crippen molar-refractivity contribution in [2.24, 2.45) is 5.10 Å². The molecule has 1 heterocycles. The predicted molar refractivity (Wildman–Crippen MR) is 130 cm³/mol. The van der Waals surface area contributed by atoms with Gasteiger partial charge in [-0.3, -0.25) is 4.79 Å². The number of nitrogens with zero attached hydrogens (tertiary/aromatic N) is 2. The van der Waals surface area contributed by atoms with Crippen LogP contribution in [0.5, 0.6) is 11.5 Å². The van der Waals surface area contributed by atoms with E-state index in [0.29, 0.717) is 23.8 Å². The second-order valence-electron chi connectivity index (χ2n) is 7.31. The number of thiazole rings is 1. The standard InChI is InChI=1S/C25H29N3O3S/c1-4-5-6-10-15-31-21-14-13-19(16-22(21)30-3)17-26-28-24(29)23-18(2)32-25(27-23)20-11-8-7-9-12-20/h7-9,11-14,16-17H,4-6,10,15H2,1-3H3,(H,28,29)/b26-17-.